The van der Waals surface area contributed by atoms with Crippen molar-refractivity contribution >= 4 is 17.5 Å². The number of amides is 2. The molecule has 1 aliphatic rings. The molecule has 2 aromatic carbocycles. The Hall–Kier alpha value is -2.86. The van der Waals surface area contributed by atoms with E-state index in [1.54, 1.807) is 4.90 Å². The summed E-state index contributed by atoms with van der Waals surface area (Å²) in [6, 6.07) is 16.0. The van der Waals surface area contributed by atoms with Gasteiger partial charge in [-0.25, -0.2) is 0 Å². The van der Waals surface area contributed by atoms with Crippen molar-refractivity contribution in [1.29, 1.82) is 0 Å². The Morgan fingerprint density at radius 2 is 1.90 bits per heavy atom. The lowest BCUT2D eigenvalue weighted by Crippen LogP contribution is -2.41. The van der Waals surface area contributed by atoms with Crippen LogP contribution in [0.15, 0.2) is 48.5 Å². The third-order valence-electron chi connectivity index (χ3n) is 5.26. The van der Waals surface area contributed by atoms with Gasteiger partial charge in [0.15, 0.2) is 6.61 Å². The van der Waals surface area contributed by atoms with Crippen LogP contribution in [0, 0.1) is 0 Å². The first kappa shape index (κ1) is 20.9. The third kappa shape index (κ3) is 5.15. The number of hydrogen-bond donors (Lipinski definition) is 1. The van der Waals surface area contributed by atoms with Crippen molar-refractivity contribution in [3.63, 3.8) is 0 Å². The fraction of sp³-hybridized carbons (Fsp3) is 0.391. The highest BCUT2D eigenvalue weighted by atomic mass is 16.5. The van der Waals surface area contributed by atoms with Crippen LogP contribution >= 0.6 is 0 Å². The maximum absolute atomic E-state index is 12.5. The van der Waals surface area contributed by atoms with E-state index in [0.29, 0.717) is 18.8 Å². The molecule has 1 N–H and O–H groups in total. The quantitative estimate of drug-likeness (QED) is 0.747. The van der Waals surface area contributed by atoms with Crippen LogP contribution < -0.4 is 15.0 Å². The van der Waals surface area contributed by atoms with Gasteiger partial charge in [-0.1, -0.05) is 43.3 Å². The maximum Gasteiger partial charge on any atom is 0.265 e. The zero-order valence-corrected chi connectivity index (χ0v) is 17.4. The average Bonchev–Trinajstić information content (AvgIpc) is 2.73. The lowest BCUT2D eigenvalue weighted by atomic mass is 10.0. The molecule has 1 aliphatic heterocycles. The van der Waals surface area contributed by atoms with Gasteiger partial charge >= 0.3 is 0 Å². The van der Waals surface area contributed by atoms with Gasteiger partial charge in [-0.2, -0.15) is 0 Å². The first-order valence-electron chi connectivity index (χ1n) is 10.0. The molecule has 2 amide bonds. The Balaban J connectivity index is 1.56. The van der Waals surface area contributed by atoms with Gasteiger partial charge in [-0.3, -0.25) is 9.59 Å². The second-order valence-corrected chi connectivity index (χ2v) is 7.43. The van der Waals surface area contributed by atoms with Crippen LogP contribution in [0.25, 0.3) is 0 Å². The van der Waals surface area contributed by atoms with Crippen molar-refractivity contribution in [2.75, 3.05) is 38.7 Å². The number of aryl methyl sites for hydroxylation is 1. The summed E-state index contributed by atoms with van der Waals surface area (Å²) in [5.74, 6) is 0.480. The maximum atomic E-state index is 12.5. The van der Waals surface area contributed by atoms with Gasteiger partial charge in [-0.15, -0.1) is 0 Å². The molecule has 3 rings (SSSR count). The molecule has 154 valence electrons. The van der Waals surface area contributed by atoms with Gasteiger partial charge in [0, 0.05) is 19.5 Å². The van der Waals surface area contributed by atoms with Crippen molar-refractivity contribution < 1.29 is 14.3 Å². The van der Waals surface area contributed by atoms with E-state index in [0.717, 1.165) is 12.1 Å². The third-order valence-corrected chi connectivity index (χ3v) is 5.26. The van der Waals surface area contributed by atoms with Crippen molar-refractivity contribution in [3.8, 4) is 5.75 Å². The van der Waals surface area contributed by atoms with Gasteiger partial charge in [0.2, 0.25) is 5.91 Å². The minimum absolute atomic E-state index is 0.00902. The topological polar surface area (TPSA) is 61.9 Å². The van der Waals surface area contributed by atoms with Crippen LogP contribution in [-0.2, 0) is 16.0 Å². The number of rotatable bonds is 8. The molecule has 0 bridgehead atoms. The van der Waals surface area contributed by atoms with Gasteiger partial charge < -0.3 is 19.9 Å². The van der Waals surface area contributed by atoms with Gasteiger partial charge in [0.05, 0.1) is 11.7 Å². The largest absolute Gasteiger partial charge is 0.482 e. The summed E-state index contributed by atoms with van der Waals surface area (Å²) < 4.78 is 5.45. The molecule has 0 spiro atoms. The number of benzene rings is 2. The summed E-state index contributed by atoms with van der Waals surface area (Å²) in [4.78, 5) is 28.4. The Bertz CT molecular complexity index is 849. The van der Waals surface area contributed by atoms with Crippen molar-refractivity contribution in [3.05, 3.63) is 59.7 Å². The zero-order chi connectivity index (χ0) is 20.8. The highest BCUT2D eigenvalue weighted by Gasteiger charge is 2.25. The fourth-order valence-corrected chi connectivity index (χ4v) is 3.49. The van der Waals surface area contributed by atoms with E-state index in [-0.39, 0.29) is 30.9 Å². The number of para-hydroxylation sites is 2. The summed E-state index contributed by atoms with van der Waals surface area (Å²) >= 11 is 0. The highest BCUT2D eigenvalue weighted by Crippen LogP contribution is 2.31. The minimum Gasteiger partial charge on any atom is -0.482 e. The second kappa shape index (κ2) is 9.56. The lowest BCUT2D eigenvalue weighted by molar-refractivity contribution is -0.122. The first-order valence-corrected chi connectivity index (χ1v) is 10.0. The van der Waals surface area contributed by atoms with Crippen LogP contribution in [0.1, 0.15) is 30.5 Å². The van der Waals surface area contributed by atoms with E-state index >= 15 is 0 Å². The van der Waals surface area contributed by atoms with Crippen LogP contribution in [0.4, 0.5) is 5.69 Å². The van der Waals surface area contributed by atoms with Gasteiger partial charge in [0.25, 0.3) is 5.91 Å². The van der Waals surface area contributed by atoms with Crippen LogP contribution in [0.2, 0.25) is 0 Å². The Morgan fingerprint density at radius 1 is 1.17 bits per heavy atom. The number of carbonyl (C=O) groups is 2. The summed E-state index contributed by atoms with van der Waals surface area (Å²) in [5.41, 5.74) is 3.19. The Kier molecular flexibility index (Phi) is 6.88. The van der Waals surface area contributed by atoms with Gasteiger partial charge in [-0.05, 0) is 43.8 Å². The molecule has 0 unspecified atom stereocenters. The predicted molar refractivity (Wildman–Crippen MR) is 114 cm³/mol. The molecular weight excluding hydrogens is 366 g/mol. The SMILES string of the molecule is CCc1ccc([C@@H](CNC(=O)CCN2C(=O)COc3ccccc32)N(C)C)cc1. The molecule has 1 atom stereocenters. The number of anilines is 1. The smallest absolute Gasteiger partial charge is 0.265 e. The Morgan fingerprint density at radius 3 is 2.59 bits per heavy atom. The van der Waals surface area contributed by atoms with Crippen LogP contribution in [0.3, 0.4) is 0 Å². The van der Waals surface area contributed by atoms with Crippen molar-refractivity contribution in [1.82, 2.24) is 10.2 Å². The molecular formula is C23H29N3O3. The molecule has 6 heteroatoms. The summed E-state index contributed by atoms with van der Waals surface area (Å²) in [5, 5.41) is 3.02. The van der Waals surface area contributed by atoms with Crippen molar-refractivity contribution in [2.24, 2.45) is 0 Å². The van der Waals surface area contributed by atoms with E-state index in [1.807, 2.05) is 38.4 Å². The molecule has 0 aromatic heterocycles. The standard InChI is InChI=1S/C23H29N3O3/c1-4-17-9-11-18(12-10-17)20(25(2)3)15-24-22(27)13-14-26-19-7-5-6-8-21(19)29-16-23(26)28/h5-12,20H,4,13-16H2,1-3H3,(H,24,27)/t20-/m1/s1. The molecule has 0 aliphatic carbocycles. The fourth-order valence-electron chi connectivity index (χ4n) is 3.49. The molecule has 0 fully saturated rings. The Labute approximate surface area is 172 Å². The van der Waals surface area contributed by atoms with Crippen LogP contribution in [0.5, 0.6) is 5.75 Å². The zero-order valence-electron chi connectivity index (χ0n) is 17.4. The predicted octanol–water partition coefficient (Wildman–Crippen LogP) is 2.78. The summed E-state index contributed by atoms with van der Waals surface area (Å²) in [6.45, 7) is 3.00. The molecule has 2 aromatic rings. The van der Waals surface area contributed by atoms with E-state index in [2.05, 4.69) is 41.4 Å². The molecule has 29 heavy (non-hydrogen) atoms. The van der Waals surface area contributed by atoms with E-state index in [9.17, 15) is 9.59 Å². The molecule has 0 radical (unpaired) electrons. The van der Waals surface area contributed by atoms with E-state index in [1.165, 1.54) is 11.1 Å². The first-order chi connectivity index (χ1) is 14.0. The van der Waals surface area contributed by atoms with Crippen LogP contribution in [-0.4, -0.2) is 50.5 Å². The number of likely N-dealkylation sites (N-methyl/N-ethyl adjacent to an activating group) is 1. The number of fused-ring (bicyclic) bond motifs is 1. The number of hydrogen-bond acceptors (Lipinski definition) is 4. The van der Waals surface area contributed by atoms with E-state index < -0.39 is 0 Å². The molecule has 1 heterocycles. The molecule has 0 saturated carbocycles. The number of ether oxygens (including phenoxy) is 1. The monoisotopic (exact) mass is 395 g/mol. The highest BCUT2D eigenvalue weighted by molar-refractivity contribution is 5.98. The normalized spacial score (nSPS) is 14.3. The minimum atomic E-state index is -0.126. The number of nitrogens with zero attached hydrogens (tertiary/aromatic N) is 2. The molecule has 6 nitrogen and oxygen atoms in total. The summed E-state index contributed by atoms with van der Waals surface area (Å²) in [6.07, 6.45) is 1.25. The second-order valence-electron chi connectivity index (χ2n) is 7.43. The van der Waals surface area contributed by atoms with Gasteiger partial charge in [0.1, 0.15) is 5.75 Å². The number of carbonyl (C=O) groups excluding carboxylic acids is 2. The number of nitrogens with one attached hydrogen (secondary N) is 1. The van der Waals surface area contributed by atoms with Crippen molar-refractivity contribution in [2.45, 2.75) is 25.8 Å². The van der Waals surface area contributed by atoms with E-state index in [4.69, 9.17) is 4.74 Å². The summed E-state index contributed by atoms with van der Waals surface area (Å²) in [7, 11) is 4.02. The lowest BCUT2D eigenvalue weighted by Gasteiger charge is -2.29. The molecule has 0 saturated heterocycles. The average molecular weight is 396 g/mol.